The van der Waals surface area contributed by atoms with Gasteiger partial charge in [-0.2, -0.15) is 0 Å². The molecule has 0 aliphatic rings. The Labute approximate surface area is 50.0 Å². The number of aliphatic hydroxyl groups is 1. The van der Waals surface area contributed by atoms with Crippen LogP contribution >= 0.6 is 0 Å². The van der Waals surface area contributed by atoms with Gasteiger partial charge in [-0.05, 0) is 13.8 Å². The molecule has 0 radical (unpaired) electrons. The highest BCUT2D eigenvalue weighted by Crippen LogP contribution is 1.94. The summed E-state index contributed by atoms with van der Waals surface area (Å²) in [7, 11) is 0. The molecule has 0 saturated carbocycles. The second-order valence-electron chi connectivity index (χ2n) is 1.82. The molecule has 0 heterocycles. The fourth-order valence-electron chi connectivity index (χ4n) is 0.358. The maximum atomic E-state index is 8.47. The van der Waals surface area contributed by atoms with Crippen molar-refractivity contribution in [3.8, 4) is 0 Å². The minimum atomic E-state index is -0.167. The monoisotopic (exact) mass is 115 g/mol. The van der Waals surface area contributed by atoms with Crippen LogP contribution in [-0.2, 0) is 0 Å². The highest BCUT2D eigenvalue weighted by atomic mass is 16.3. The van der Waals surface area contributed by atoms with Gasteiger partial charge >= 0.3 is 0 Å². The zero-order valence-electron chi connectivity index (χ0n) is 5.39. The van der Waals surface area contributed by atoms with Crippen molar-refractivity contribution in [1.29, 1.82) is 0 Å². The molecular formula is C6H13NO. The van der Waals surface area contributed by atoms with Crippen molar-refractivity contribution in [2.75, 3.05) is 6.61 Å². The van der Waals surface area contributed by atoms with Gasteiger partial charge in [-0.3, -0.25) is 0 Å². The summed E-state index contributed by atoms with van der Waals surface area (Å²) in [6.45, 7) is 3.85. The molecule has 0 rings (SSSR count). The van der Waals surface area contributed by atoms with Gasteiger partial charge in [0.15, 0.2) is 0 Å². The minimum absolute atomic E-state index is 0.0379. The molecule has 0 aliphatic heterocycles. The van der Waals surface area contributed by atoms with Crippen molar-refractivity contribution in [3.05, 3.63) is 11.6 Å². The van der Waals surface area contributed by atoms with Gasteiger partial charge < -0.3 is 10.8 Å². The molecule has 0 aromatic rings. The van der Waals surface area contributed by atoms with Crippen molar-refractivity contribution in [2.45, 2.75) is 19.9 Å². The standard InChI is InChI=1S/C6H13NO/c1-3-5(2)6(7)4-8/h3,6,8H,4,7H2,1-2H3. The second kappa shape index (κ2) is 3.64. The lowest BCUT2D eigenvalue weighted by Gasteiger charge is -2.05. The van der Waals surface area contributed by atoms with Gasteiger partial charge in [0.05, 0.1) is 6.61 Å². The number of hydrogen-bond donors (Lipinski definition) is 2. The van der Waals surface area contributed by atoms with Crippen LogP contribution < -0.4 is 5.73 Å². The van der Waals surface area contributed by atoms with Gasteiger partial charge in [0.1, 0.15) is 0 Å². The SMILES string of the molecule is CC=C(C)C(N)CO. The van der Waals surface area contributed by atoms with Crippen molar-refractivity contribution >= 4 is 0 Å². The molecule has 8 heavy (non-hydrogen) atoms. The Bertz CT molecular complexity index is 88.5. The smallest absolute Gasteiger partial charge is 0.0621 e. The zero-order chi connectivity index (χ0) is 6.57. The number of aliphatic hydroxyl groups excluding tert-OH is 1. The third kappa shape index (κ3) is 2.09. The van der Waals surface area contributed by atoms with E-state index < -0.39 is 0 Å². The van der Waals surface area contributed by atoms with Crippen LogP contribution in [0.1, 0.15) is 13.8 Å². The van der Waals surface area contributed by atoms with E-state index in [-0.39, 0.29) is 12.6 Å². The Morgan fingerprint density at radius 1 is 1.88 bits per heavy atom. The van der Waals surface area contributed by atoms with E-state index >= 15 is 0 Å². The number of allylic oxidation sites excluding steroid dienone is 1. The molecule has 2 nitrogen and oxygen atoms in total. The molecule has 48 valence electrons. The first-order valence-corrected chi connectivity index (χ1v) is 2.71. The van der Waals surface area contributed by atoms with Crippen LogP contribution in [0, 0.1) is 0 Å². The van der Waals surface area contributed by atoms with Gasteiger partial charge in [-0.25, -0.2) is 0 Å². The normalized spacial score (nSPS) is 16.2. The van der Waals surface area contributed by atoms with Crippen LogP contribution in [0.3, 0.4) is 0 Å². The van der Waals surface area contributed by atoms with Crippen LogP contribution in [0.5, 0.6) is 0 Å². The van der Waals surface area contributed by atoms with Gasteiger partial charge in [0.2, 0.25) is 0 Å². The molecular weight excluding hydrogens is 102 g/mol. The average molecular weight is 115 g/mol. The summed E-state index contributed by atoms with van der Waals surface area (Å²) >= 11 is 0. The summed E-state index contributed by atoms with van der Waals surface area (Å²) in [5.41, 5.74) is 6.44. The molecule has 0 bridgehead atoms. The largest absolute Gasteiger partial charge is 0.394 e. The predicted molar refractivity (Wildman–Crippen MR) is 34.5 cm³/mol. The minimum Gasteiger partial charge on any atom is -0.394 e. The molecule has 0 aromatic heterocycles. The fraction of sp³-hybridized carbons (Fsp3) is 0.667. The zero-order valence-corrected chi connectivity index (χ0v) is 5.39. The first-order chi connectivity index (χ1) is 3.72. The van der Waals surface area contributed by atoms with Crippen LogP contribution in [0.25, 0.3) is 0 Å². The lowest BCUT2D eigenvalue weighted by molar-refractivity contribution is 0.279. The average Bonchev–Trinajstić information content (AvgIpc) is 1.84. The fourth-order valence-corrected chi connectivity index (χ4v) is 0.358. The van der Waals surface area contributed by atoms with E-state index in [0.717, 1.165) is 5.57 Å². The molecule has 1 atom stereocenters. The Morgan fingerprint density at radius 2 is 2.38 bits per heavy atom. The van der Waals surface area contributed by atoms with Gasteiger partial charge in [-0.15, -0.1) is 0 Å². The van der Waals surface area contributed by atoms with Crippen LogP contribution in [0.15, 0.2) is 11.6 Å². The Kier molecular flexibility index (Phi) is 3.48. The predicted octanol–water partition coefficient (Wildman–Crippen LogP) is 0.272. The van der Waals surface area contributed by atoms with E-state index in [9.17, 15) is 0 Å². The first kappa shape index (κ1) is 7.66. The topological polar surface area (TPSA) is 46.2 Å². The van der Waals surface area contributed by atoms with E-state index in [1.54, 1.807) is 0 Å². The molecule has 0 aromatic carbocycles. The summed E-state index contributed by atoms with van der Waals surface area (Å²) in [6, 6.07) is -0.167. The highest BCUT2D eigenvalue weighted by molar-refractivity contribution is 5.04. The van der Waals surface area contributed by atoms with Crippen molar-refractivity contribution in [1.82, 2.24) is 0 Å². The first-order valence-electron chi connectivity index (χ1n) is 2.71. The Morgan fingerprint density at radius 3 is 2.50 bits per heavy atom. The number of nitrogens with two attached hydrogens (primary N) is 1. The maximum Gasteiger partial charge on any atom is 0.0621 e. The molecule has 2 heteroatoms. The summed E-state index contributed by atoms with van der Waals surface area (Å²) in [6.07, 6.45) is 1.90. The number of rotatable bonds is 2. The van der Waals surface area contributed by atoms with Crippen molar-refractivity contribution < 1.29 is 5.11 Å². The maximum absolute atomic E-state index is 8.47. The van der Waals surface area contributed by atoms with E-state index in [4.69, 9.17) is 10.8 Å². The number of hydrogen-bond acceptors (Lipinski definition) is 2. The molecule has 0 fully saturated rings. The second-order valence-corrected chi connectivity index (χ2v) is 1.82. The third-order valence-corrected chi connectivity index (χ3v) is 1.24. The van der Waals surface area contributed by atoms with Crippen LogP contribution in [0.2, 0.25) is 0 Å². The summed E-state index contributed by atoms with van der Waals surface area (Å²) in [5.74, 6) is 0. The summed E-state index contributed by atoms with van der Waals surface area (Å²) in [5, 5.41) is 8.47. The lowest BCUT2D eigenvalue weighted by atomic mass is 10.1. The van der Waals surface area contributed by atoms with E-state index in [2.05, 4.69) is 0 Å². The third-order valence-electron chi connectivity index (χ3n) is 1.24. The molecule has 0 spiro atoms. The van der Waals surface area contributed by atoms with E-state index in [1.165, 1.54) is 0 Å². The lowest BCUT2D eigenvalue weighted by Crippen LogP contribution is -2.25. The molecule has 0 amide bonds. The highest BCUT2D eigenvalue weighted by Gasteiger charge is 1.98. The molecule has 3 N–H and O–H groups in total. The van der Waals surface area contributed by atoms with Crippen LogP contribution in [0.4, 0.5) is 0 Å². The quantitative estimate of drug-likeness (QED) is 0.507. The van der Waals surface area contributed by atoms with Crippen LogP contribution in [-0.4, -0.2) is 17.8 Å². The Balaban J connectivity index is 3.63. The van der Waals surface area contributed by atoms with E-state index in [1.807, 2.05) is 19.9 Å². The van der Waals surface area contributed by atoms with Gasteiger partial charge in [-0.1, -0.05) is 11.6 Å². The van der Waals surface area contributed by atoms with E-state index in [0.29, 0.717) is 0 Å². The Hall–Kier alpha value is -0.340. The molecule has 0 aliphatic carbocycles. The van der Waals surface area contributed by atoms with Crippen molar-refractivity contribution in [2.24, 2.45) is 5.73 Å². The summed E-state index contributed by atoms with van der Waals surface area (Å²) < 4.78 is 0. The molecule has 1 unspecified atom stereocenters. The molecule has 0 saturated heterocycles. The van der Waals surface area contributed by atoms with Crippen molar-refractivity contribution in [3.63, 3.8) is 0 Å². The van der Waals surface area contributed by atoms with Gasteiger partial charge in [0.25, 0.3) is 0 Å². The summed E-state index contributed by atoms with van der Waals surface area (Å²) in [4.78, 5) is 0. The van der Waals surface area contributed by atoms with Gasteiger partial charge in [0, 0.05) is 6.04 Å².